The lowest BCUT2D eigenvalue weighted by atomic mass is 10.1. The Morgan fingerprint density at radius 3 is 2.61 bits per heavy atom. The number of hydrogen-bond donors (Lipinski definition) is 0. The first-order valence-electron chi connectivity index (χ1n) is 5.77. The third-order valence-corrected chi connectivity index (χ3v) is 2.73. The van der Waals surface area contributed by atoms with Gasteiger partial charge in [-0.25, -0.2) is 9.97 Å². The Bertz CT molecular complexity index is 545. The molecule has 0 radical (unpaired) electrons. The second-order valence-corrected chi connectivity index (χ2v) is 4.00. The molecule has 0 aliphatic rings. The fourth-order valence-electron chi connectivity index (χ4n) is 1.74. The molecule has 0 saturated carbocycles. The summed E-state index contributed by atoms with van der Waals surface area (Å²) in [7, 11) is 1.92. The maximum absolute atomic E-state index is 8.97. The molecule has 90 valence electrons. The lowest BCUT2D eigenvalue weighted by molar-refractivity contribution is 0.851. The van der Waals surface area contributed by atoms with Gasteiger partial charge in [0.15, 0.2) is 11.5 Å². The van der Waals surface area contributed by atoms with Crippen LogP contribution in [-0.4, -0.2) is 23.6 Å². The van der Waals surface area contributed by atoms with Crippen molar-refractivity contribution in [1.82, 2.24) is 9.97 Å². The summed E-state index contributed by atoms with van der Waals surface area (Å²) in [6.07, 6.45) is 4.06. The molecule has 4 nitrogen and oxygen atoms in total. The summed E-state index contributed by atoms with van der Waals surface area (Å²) in [6, 6.07) is 12.3. The van der Waals surface area contributed by atoms with E-state index in [1.807, 2.05) is 30.1 Å². The van der Waals surface area contributed by atoms with E-state index in [4.69, 9.17) is 5.26 Å². The Morgan fingerprint density at radius 1 is 1.17 bits per heavy atom. The number of nitriles is 1. The van der Waals surface area contributed by atoms with Crippen LogP contribution in [0.3, 0.4) is 0 Å². The van der Waals surface area contributed by atoms with Crippen LogP contribution in [0.4, 0.5) is 5.82 Å². The third kappa shape index (κ3) is 2.83. The van der Waals surface area contributed by atoms with Crippen LogP contribution in [-0.2, 0) is 6.42 Å². The van der Waals surface area contributed by atoms with Gasteiger partial charge in [0.05, 0.1) is 0 Å². The zero-order chi connectivity index (χ0) is 12.8. The van der Waals surface area contributed by atoms with Crippen molar-refractivity contribution >= 4 is 5.82 Å². The van der Waals surface area contributed by atoms with Gasteiger partial charge in [-0.15, -0.1) is 0 Å². The predicted octanol–water partition coefficient (Wildman–Crippen LogP) is 2.03. The fraction of sp³-hybridized carbons (Fsp3) is 0.214. The Hall–Kier alpha value is -2.41. The fourth-order valence-corrected chi connectivity index (χ4v) is 1.74. The molecule has 1 heterocycles. The number of rotatable bonds is 4. The highest BCUT2D eigenvalue weighted by molar-refractivity contribution is 5.48. The average Bonchev–Trinajstić information content (AvgIpc) is 2.45. The zero-order valence-electron chi connectivity index (χ0n) is 10.2. The van der Waals surface area contributed by atoms with Crippen molar-refractivity contribution in [1.29, 1.82) is 5.26 Å². The van der Waals surface area contributed by atoms with Crippen molar-refractivity contribution in [3.63, 3.8) is 0 Å². The molecule has 0 unspecified atom stereocenters. The average molecular weight is 238 g/mol. The SMILES string of the molecule is CN(CCc1ccccc1)c1nccnc1C#N. The molecule has 0 amide bonds. The standard InChI is InChI=1S/C14H14N4/c1-18(10-7-12-5-3-2-4-6-12)14-13(11-15)16-8-9-17-14/h2-6,8-9H,7,10H2,1H3. The number of aromatic nitrogens is 2. The van der Waals surface area contributed by atoms with E-state index in [0.717, 1.165) is 13.0 Å². The van der Waals surface area contributed by atoms with E-state index in [2.05, 4.69) is 28.2 Å². The molecule has 0 atom stereocenters. The maximum atomic E-state index is 8.97. The molecule has 4 heteroatoms. The van der Waals surface area contributed by atoms with Gasteiger partial charge in [-0.2, -0.15) is 5.26 Å². The first kappa shape index (κ1) is 12.1. The Kier molecular flexibility index (Phi) is 3.87. The maximum Gasteiger partial charge on any atom is 0.183 e. The van der Waals surface area contributed by atoms with Crippen LogP contribution in [0.2, 0.25) is 0 Å². The van der Waals surface area contributed by atoms with E-state index in [0.29, 0.717) is 11.5 Å². The highest BCUT2D eigenvalue weighted by Crippen LogP contribution is 2.12. The van der Waals surface area contributed by atoms with Crippen LogP contribution >= 0.6 is 0 Å². The Balaban J connectivity index is 2.04. The molecule has 18 heavy (non-hydrogen) atoms. The molecule has 2 rings (SSSR count). The van der Waals surface area contributed by atoms with Gasteiger partial charge >= 0.3 is 0 Å². The first-order valence-corrected chi connectivity index (χ1v) is 5.77. The Labute approximate surface area is 107 Å². The van der Waals surface area contributed by atoms with Crippen molar-refractivity contribution in [3.8, 4) is 6.07 Å². The number of likely N-dealkylation sites (N-methyl/N-ethyl adjacent to an activating group) is 1. The first-order chi connectivity index (χ1) is 8.81. The van der Waals surface area contributed by atoms with Gasteiger partial charge in [-0.3, -0.25) is 0 Å². The quantitative estimate of drug-likeness (QED) is 0.817. The van der Waals surface area contributed by atoms with Crippen molar-refractivity contribution in [3.05, 3.63) is 54.0 Å². The zero-order valence-corrected chi connectivity index (χ0v) is 10.2. The van der Waals surface area contributed by atoms with Gasteiger partial charge in [0.2, 0.25) is 0 Å². The second kappa shape index (κ2) is 5.78. The summed E-state index contributed by atoms with van der Waals surface area (Å²) in [5.41, 5.74) is 1.64. The van der Waals surface area contributed by atoms with Gasteiger partial charge in [0.1, 0.15) is 6.07 Å². The molecule has 0 aliphatic heterocycles. The molecule has 0 fully saturated rings. The summed E-state index contributed by atoms with van der Waals surface area (Å²) in [6.45, 7) is 0.803. The third-order valence-electron chi connectivity index (χ3n) is 2.73. The summed E-state index contributed by atoms with van der Waals surface area (Å²) in [5.74, 6) is 0.635. The topological polar surface area (TPSA) is 52.8 Å². The molecule has 1 aromatic heterocycles. The molecule has 1 aromatic carbocycles. The highest BCUT2D eigenvalue weighted by atomic mass is 15.2. The minimum atomic E-state index is 0.369. The largest absolute Gasteiger partial charge is 0.357 e. The molecule has 0 saturated heterocycles. The molecule has 2 aromatic rings. The van der Waals surface area contributed by atoms with Crippen LogP contribution in [0.5, 0.6) is 0 Å². The van der Waals surface area contributed by atoms with Crippen LogP contribution in [0, 0.1) is 11.3 Å². The van der Waals surface area contributed by atoms with Crippen molar-refractivity contribution < 1.29 is 0 Å². The normalized spacial score (nSPS) is 9.78. The van der Waals surface area contributed by atoms with Gasteiger partial charge in [0.25, 0.3) is 0 Å². The van der Waals surface area contributed by atoms with E-state index in [1.165, 1.54) is 11.8 Å². The van der Waals surface area contributed by atoms with Gasteiger partial charge in [-0.05, 0) is 12.0 Å². The smallest absolute Gasteiger partial charge is 0.183 e. The molecule has 0 aliphatic carbocycles. The lowest BCUT2D eigenvalue weighted by Crippen LogP contribution is -2.22. The van der Waals surface area contributed by atoms with Crippen LogP contribution < -0.4 is 4.90 Å². The van der Waals surface area contributed by atoms with Gasteiger partial charge < -0.3 is 4.90 Å². The van der Waals surface area contributed by atoms with Gasteiger partial charge in [-0.1, -0.05) is 30.3 Å². The van der Waals surface area contributed by atoms with Crippen molar-refractivity contribution in [2.45, 2.75) is 6.42 Å². The van der Waals surface area contributed by atoms with E-state index in [1.54, 1.807) is 6.20 Å². The second-order valence-electron chi connectivity index (χ2n) is 4.00. The molecular formula is C14H14N4. The van der Waals surface area contributed by atoms with E-state index >= 15 is 0 Å². The highest BCUT2D eigenvalue weighted by Gasteiger charge is 2.09. The monoisotopic (exact) mass is 238 g/mol. The predicted molar refractivity (Wildman–Crippen MR) is 70.2 cm³/mol. The van der Waals surface area contributed by atoms with E-state index in [-0.39, 0.29) is 0 Å². The van der Waals surface area contributed by atoms with Crippen LogP contribution in [0.15, 0.2) is 42.7 Å². The summed E-state index contributed by atoms with van der Waals surface area (Å²) < 4.78 is 0. The number of hydrogen-bond acceptors (Lipinski definition) is 4. The molecule has 0 spiro atoms. The lowest BCUT2D eigenvalue weighted by Gasteiger charge is -2.18. The molecule has 0 N–H and O–H groups in total. The van der Waals surface area contributed by atoms with Gasteiger partial charge in [0, 0.05) is 26.0 Å². The summed E-state index contributed by atoms with van der Waals surface area (Å²) >= 11 is 0. The van der Waals surface area contributed by atoms with Crippen LogP contribution in [0.1, 0.15) is 11.3 Å². The molecular weight excluding hydrogens is 224 g/mol. The van der Waals surface area contributed by atoms with Crippen molar-refractivity contribution in [2.75, 3.05) is 18.5 Å². The number of nitrogens with zero attached hydrogens (tertiary/aromatic N) is 4. The van der Waals surface area contributed by atoms with Crippen molar-refractivity contribution in [2.24, 2.45) is 0 Å². The number of anilines is 1. The van der Waals surface area contributed by atoms with Crippen LogP contribution in [0.25, 0.3) is 0 Å². The summed E-state index contributed by atoms with van der Waals surface area (Å²) in [5, 5.41) is 8.97. The molecule has 0 bridgehead atoms. The minimum Gasteiger partial charge on any atom is -0.357 e. The van der Waals surface area contributed by atoms with E-state index < -0.39 is 0 Å². The minimum absolute atomic E-state index is 0.369. The van der Waals surface area contributed by atoms with E-state index in [9.17, 15) is 0 Å². The number of benzene rings is 1. The summed E-state index contributed by atoms with van der Waals surface area (Å²) in [4.78, 5) is 10.2. The Morgan fingerprint density at radius 2 is 1.89 bits per heavy atom.